The smallest absolute Gasteiger partial charge is 0.254 e. The Hall–Kier alpha value is -1.67. The van der Waals surface area contributed by atoms with Crippen LogP contribution in [0, 0.1) is 0 Å². The summed E-state index contributed by atoms with van der Waals surface area (Å²) in [4.78, 5) is 25.9. The van der Waals surface area contributed by atoms with Crippen LogP contribution in [0.15, 0.2) is 24.3 Å². The molecule has 1 heterocycles. The highest BCUT2D eigenvalue weighted by Gasteiger charge is 2.18. The van der Waals surface area contributed by atoms with Crippen molar-refractivity contribution in [1.29, 1.82) is 0 Å². The van der Waals surface area contributed by atoms with Gasteiger partial charge in [0.05, 0.1) is 19.3 Å². The van der Waals surface area contributed by atoms with E-state index in [9.17, 15) is 14.7 Å². The van der Waals surface area contributed by atoms with Gasteiger partial charge in [0.1, 0.15) is 0 Å². The number of rotatable bonds is 5. The lowest BCUT2D eigenvalue weighted by Gasteiger charge is -2.26. The lowest BCUT2D eigenvalue weighted by molar-refractivity contribution is 0.0303. The van der Waals surface area contributed by atoms with E-state index in [1.165, 1.54) is 0 Å². The minimum absolute atomic E-state index is 0. The lowest BCUT2D eigenvalue weighted by atomic mass is 10.1. The van der Waals surface area contributed by atoms with Crippen LogP contribution in [0.3, 0.4) is 0 Å². The quantitative estimate of drug-likeness (QED) is 0.676. The fourth-order valence-electron chi connectivity index (χ4n) is 2.11. The maximum atomic E-state index is 12.3. The summed E-state index contributed by atoms with van der Waals surface area (Å²) in [7, 11) is 0. The number of aliphatic hydroxyl groups is 1. The molecule has 2 rings (SSSR count). The number of ether oxygens (including phenoxy) is 1. The highest BCUT2D eigenvalue weighted by Crippen LogP contribution is 2.09. The number of halogens is 1. The first-order valence-corrected chi connectivity index (χ1v) is 7.25. The van der Waals surface area contributed by atoms with E-state index in [4.69, 9.17) is 10.5 Å². The molecule has 1 aromatic carbocycles. The molecule has 4 N–H and O–H groups in total. The molecule has 0 spiro atoms. The number of nitrogens with zero attached hydrogens (tertiary/aromatic N) is 1. The van der Waals surface area contributed by atoms with E-state index in [1.54, 1.807) is 29.2 Å². The van der Waals surface area contributed by atoms with Crippen molar-refractivity contribution in [3.63, 3.8) is 0 Å². The maximum absolute atomic E-state index is 12.3. The summed E-state index contributed by atoms with van der Waals surface area (Å²) in [6.07, 6.45) is -0.758. The Labute approximate surface area is 141 Å². The molecule has 2 amide bonds. The van der Waals surface area contributed by atoms with Crippen LogP contribution in [0.25, 0.3) is 0 Å². The zero-order valence-corrected chi connectivity index (χ0v) is 13.6. The van der Waals surface area contributed by atoms with Crippen LogP contribution < -0.4 is 11.1 Å². The second kappa shape index (κ2) is 9.46. The number of carbonyl (C=O) groups excluding carboxylic acids is 2. The molecule has 1 fully saturated rings. The summed E-state index contributed by atoms with van der Waals surface area (Å²) < 4.78 is 5.22. The summed E-state index contributed by atoms with van der Waals surface area (Å²) in [6.45, 7) is 2.46. The van der Waals surface area contributed by atoms with Crippen molar-refractivity contribution >= 4 is 24.2 Å². The number of hydrogen-bond donors (Lipinski definition) is 3. The number of nitrogens with two attached hydrogens (primary N) is 1. The summed E-state index contributed by atoms with van der Waals surface area (Å²) in [5.74, 6) is -0.369. The van der Waals surface area contributed by atoms with Gasteiger partial charge in [-0.15, -0.1) is 12.4 Å². The molecule has 0 aromatic heterocycles. The molecule has 128 valence electrons. The van der Waals surface area contributed by atoms with Crippen LogP contribution in [0.2, 0.25) is 0 Å². The van der Waals surface area contributed by atoms with Gasteiger partial charge in [-0.25, -0.2) is 0 Å². The van der Waals surface area contributed by atoms with Gasteiger partial charge in [0, 0.05) is 37.3 Å². The Bertz CT molecular complexity index is 518. The molecule has 1 aliphatic heterocycles. The van der Waals surface area contributed by atoms with Crippen LogP contribution in [0.5, 0.6) is 0 Å². The predicted octanol–water partition coefficient (Wildman–Crippen LogP) is -0.370. The van der Waals surface area contributed by atoms with Crippen molar-refractivity contribution in [2.24, 2.45) is 5.73 Å². The molecule has 1 saturated heterocycles. The Morgan fingerprint density at radius 1 is 1.22 bits per heavy atom. The Morgan fingerprint density at radius 2 is 1.78 bits per heavy atom. The van der Waals surface area contributed by atoms with E-state index < -0.39 is 6.10 Å². The third kappa shape index (κ3) is 5.47. The molecule has 1 aliphatic rings. The van der Waals surface area contributed by atoms with E-state index in [1.807, 2.05) is 0 Å². The number of nitrogens with one attached hydrogen (secondary N) is 1. The minimum atomic E-state index is -0.758. The summed E-state index contributed by atoms with van der Waals surface area (Å²) >= 11 is 0. The second-order valence-electron chi connectivity index (χ2n) is 5.08. The highest BCUT2D eigenvalue weighted by molar-refractivity contribution is 5.97. The normalized spacial score (nSPS) is 15.5. The van der Waals surface area contributed by atoms with Gasteiger partial charge in [-0.3, -0.25) is 9.59 Å². The van der Waals surface area contributed by atoms with Gasteiger partial charge in [0.25, 0.3) is 11.8 Å². The molecule has 8 heteroatoms. The van der Waals surface area contributed by atoms with Gasteiger partial charge in [-0.1, -0.05) is 0 Å². The Morgan fingerprint density at radius 3 is 2.35 bits per heavy atom. The monoisotopic (exact) mass is 343 g/mol. The van der Waals surface area contributed by atoms with Crippen molar-refractivity contribution < 1.29 is 19.4 Å². The van der Waals surface area contributed by atoms with Crippen molar-refractivity contribution in [3.8, 4) is 0 Å². The number of carbonyl (C=O) groups is 2. The molecule has 0 radical (unpaired) electrons. The molecule has 7 nitrogen and oxygen atoms in total. The van der Waals surface area contributed by atoms with Gasteiger partial charge in [-0.2, -0.15) is 0 Å². The zero-order valence-electron chi connectivity index (χ0n) is 12.7. The standard InChI is InChI=1S/C15H21N3O4.ClH/c16-9-13(19)10-17-14(20)11-1-3-12(4-2-11)15(21)18-5-7-22-8-6-18;/h1-4,13,19H,5-10,16H2,(H,17,20);1H. The molecular weight excluding hydrogens is 322 g/mol. The summed E-state index contributed by atoms with van der Waals surface area (Å²) in [5, 5.41) is 11.9. The zero-order chi connectivity index (χ0) is 15.9. The third-order valence-corrected chi connectivity index (χ3v) is 3.46. The molecule has 0 aliphatic carbocycles. The van der Waals surface area contributed by atoms with Gasteiger partial charge >= 0.3 is 0 Å². The molecular formula is C15H22ClN3O4. The number of hydrogen-bond acceptors (Lipinski definition) is 5. The number of morpholine rings is 1. The second-order valence-corrected chi connectivity index (χ2v) is 5.08. The fraction of sp³-hybridized carbons (Fsp3) is 0.467. The third-order valence-electron chi connectivity index (χ3n) is 3.46. The Balaban J connectivity index is 0.00000264. The molecule has 23 heavy (non-hydrogen) atoms. The molecule has 1 unspecified atom stereocenters. The SMILES string of the molecule is Cl.NCC(O)CNC(=O)c1ccc(C(=O)N2CCOCC2)cc1. The van der Waals surface area contributed by atoms with Crippen molar-refractivity contribution in [3.05, 3.63) is 35.4 Å². The van der Waals surface area contributed by atoms with E-state index >= 15 is 0 Å². The van der Waals surface area contributed by atoms with Gasteiger partial charge in [0.2, 0.25) is 0 Å². The first kappa shape index (κ1) is 19.4. The fourth-order valence-corrected chi connectivity index (χ4v) is 2.11. The van der Waals surface area contributed by atoms with Crippen LogP contribution >= 0.6 is 12.4 Å². The summed E-state index contributed by atoms with van der Waals surface area (Å²) in [5.41, 5.74) is 6.24. The van der Waals surface area contributed by atoms with E-state index in [2.05, 4.69) is 5.32 Å². The average molecular weight is 344 g/mol. The van der Waals surface area contributed by atoms with Crippen molar-refractivity contribution in [2.45, 2.75) is 6.10 Å². The Kier molecular flexibility index (Phi) is 7.97. The van der Waals surface area contributed by atoms with Crippen LogP contribution in [0.4, 0.5) is 0 Å². The topological polar surface area (TPSA) is 105 Å². The first-order valence-electron chi connectivity index (χ1n) is 7.25. The van der Waals surface area contributed by atoms with E-state index in [-0.39, 0.29) is 37.3 Å². The molecule has 0 bridgehead atoms. The molecule has 1 atom stereocenters. The predicted molar refractivity (Wildman–Crippen MR) is 87.8 cm³/mol. The lowest BCUT2D eigenvalue weighted by Crippen LogP contribution is -2.40. The van der Waals surface area contributed by atoms with E-state index in [0.29, 0.717) is 37.4 Å². The highest BCUT2D eigenvalue weighted by atomic mass is 35.5. The first-order chi connectivity index (χ1) is 10.6. The van der Waals surface area contributed by atoms with Crippen LogP contribution in [0.1, 0.15) is 20.7 Å². The molecule has 0 saturated carbocycles. The van der Waals surface area contributed by atoms with Crippen molar-refractivity contribution in [2.75, 3.05) is 39.4 Å². The van der Waals surface area contributed by atoms with Crippen molar-refractivity contribution in [1.82, 2.24) is 10.2 Å². The van der Waals surface area contributed by atoms with Crippen LogP contribution in [-0.4, -0.2) is 67.3 Å². The van der Waals surface area contributed by atoms with Gasteiger partial charge in [0.15, 0.2) is 0 Å². The van der Waals surface area contributed by atoms with Gasteiger partial charge < -0.3 is 25.8 Å². The van der Waals surface area contributed by atoms with E-state index in [0.717, 1.165) is 0 Å². The number of aliphatic hydroxyl groups excluding tert-OH is 1. The maximum Gasteiger partial charge on any atom is 0.254 e. The molecule has 1 aromatic rings. The van der Waals surface area contributed by atoms with Crippen LogP contribution in [-0.2, 0) is 4.74 Å². The largest absolute Gasteiger partial charge is 0.390 e. The number of amides is 2. The number of benzene rings is 1. The average Bonchev–Trinajstić information content (AvgIpc) is 2.59. The minimum Gasteiger partial charge on any atom is -0.390 e. The summed E-state index contributed by atoms with van der Waals surface area (Å²) in [6, 6.07) is 6.45. The van der Waals surface area contributed by atoms with Gasteiger partial charge in [-0.05, 0) is 24.3 Å².